The van der Waals surface area contributed by atoms with Crippen LogP contribution in [-0.4, -0.2) is 50.0 Å². The van der Waals surface area contributed by atoms with E-state index in [0.717, 1.165) is 24.0 Å². The van der Waals surface area contributed by atoms with Crippen molar-refractivity contribution in [2.75, 3.05) is 44.5 Å². The number of rotatable bonds is 9. The minimum absolute atomic E-state index is 0.0157. The van der Waals surface area contributed by atoms with Crippen LogP contribution in [0.3, 0.4) is 0 Å². The molecule has 0 aromatic carbocycles. The van der Waals surface area contributed by atoms with Crippen LogP contribution in [0.1, 0.15) is 31.5 Å². The maximum Gasteiger partial charge on any atom is 0.136 e. The van der Waals surface area contributed by atoms with Crippen LogP contribution in [0.5, 0.6) is 0 Å². The predicted molar refractivity (Wildman–Crippen MR) is 79.3 cm³/mol. The first-order valence-electron chi connectivity index (χ1n) is 7.15. The molecule has 0 radical (unpaired) electrons. The van der Waals surface area contributed by atoms with Gasteiger partial charge in [0.25, 0.3) is 0 Å². The number of methoxy groups -OCH3 is 2. The largest absolute Gasteiger partial charge is 0.382 e. The van der Waals surface area contributed by atoms with Crippen molar-refractivity contribution < 1.29 is 9.47 Å². The molecule has 6 heteroatoms. The third-order valence-corrected chi connectivity index (χ3v) is 3.24. The molecule has 1 aliphatic carbocycles. The molecule has 20 heavy (non-hydrogen) atoms. The number of anilines is 2. The van der Waals surface area contributed by atoms with Crippen molar-refractivity contribution in [1.29, 1.82) is 0 Å². The van der Waals surface area contributed by atoms with Gasteiger partial charge < -0.3 is 20.1 Å². The molecule has 1 saturated carbocycles. The quantitative estimate of drug-likeness (QED) is 0.719. The molecule has 1 heterocycles. The van der Waals surface area contributed by atoms with Crippen molar-refractivity contribution in [1.82, 2.24) is 9.97 Å². The summed E-state index contributed by atoms with van der Waals surface area (Å²) in [6, 6.07) is 1.94. The van der Waals surface area contributed by atoms with Gasteiger partial charge in [-0.05, 0) is 19.8 Å². The molecule has 1 atom stereocenters. The van der Waals surface area contributed by atoms with E-state index >= 15 is 0 Å². The Kier molecular flexibility index (Phi) is 5.55. The van der Waals surface area contributed by atoms with Crippen molar-refractivity contribution in [3.05, 3.63) is 11.9 Å². The summed E-state index contributed by atoms with van der Waals surface area (Å²) in [6.45, 7) is 4.14. The van der Waals surface area contributed by atoms with Gasteiger partial charge in [0.2, 0.25) is 0 Å². The molecular weight excluding hydrogens is 256 g/mol. The van der Waals surface area contributed by atoms with E-state index in [-0.39, 0.29) is 6.10 Å². The van der Waals surface area contributed by atoms with Gasteiger partial charge in [-0.3, -0.25) is 0 Å². The summed E-state index contributed by atoms with van der Waals surface area (Å²) in [6.07, 6.45) is 2.40. The van der Waals surface area contributed by atoms with Crippen LogP contribution in [0.4, 0.5) is 11.6 Å². The first-order chi connectivity index (χ1) is 9.76. The first kappa shape index (κ1) is 15.0. The highest BCUT2D eigenvalue weighted by Gasteiger charge is 2.27. The molecule has 1 aromatic heterocycles. The second-order valence-corrected chi connectivity index (χ2v) is 5.00. The zero-order chi connectivity index (χ0) is 14.4. The first-order valence-corrected chi connectivity index (χ1v) is 7.15. The SMILES string of the molecule is CCNc1cc(NCC(COC)OC)nc(C2CC2)n1. The van der Waals surface area contributed by atoms with Gasteiger partial charge in [0.05, 0.1) is 12.7 Å². The Morgan fingerprint density at radius 1 is 1.25 bits per heavy atom. The van der Waals surface area contributed by atoms with E-state index < -0.39 is 0 Å². The van der Waals surface area contributed by atoms with E-state index in [0.29, 0.717) is 19.1 Å². The van der Waals surface area contributed by atoms with Gasteiger partial charge in [-0.15, -0.1) is 0 Å². The number of aromatic nitrogens is 2. The van der Waals surface area contributed by atoms with E-state index in [2.05, 4.69) is 27.5 Å². The van der Waals surface area contributed by atoms with Crippen LogP contribution in [0.15, 0.2) is 6.07 Å². The van der Waals surface area contributed by atoms with E-state index in [1.54, 1.807) is 14.2 Å². The highest BCUT2D eigenvalue weighted by molar-refractivity contribution is 5.48. The van der Waals surface area contributed by atoms with Crippen LogP contribution in [0.25, 0.3) is 0 Å². The fraction of sp³-hybridized carbons (Fsp3) is 0.714. The second-order valence-electron chi connectivity index (χ2n) is 5.00. The summed E-state index contributed by atoms with van der Waals surface area (Å²) in [5.74, 6) is 3.20. The lowest BCUT2D eigenvalue weighted by molar-refractivity contribution is 0.0365. The lowest BCUT2D eigenvalue weighted by Crippen LogP contribution is -2.27. The van der Waals surface area contributed by atoms with Crippen LogP contribution >= 0.6 is 0 Å². The number of hydrogen-bond acceptors (Lipinski definition) is 6. The number of nitrogens with one attached hydrogen (secondary N) is 2. The Bertz CT molecular complexity index is 424. The van der Waals surface area contributed by atoms with E-state index in [1.807, 2.05) is 6.07 Å². The lowest BCUT2D eigenvalue weighted by Gasteiger charge is -2.16. The highest BCUT2D eigenvalue weighted by Crippen LogP contribution is 2.38. The molecule has 1 aliphatic rings. The number of hydrogen-bond donors (Lipinski definition) is 2. The van der Waals surface area contributed by atoms with Crippen molar-refractivity contribution in [3.63, 3.8) is 0 Å². The molecule has 1 fully saturated rings. The summed E-state index contributed by atoms with van der Waals surface area (Å²) in [5, 5.41) is 6.56. The van der Waals surface area contributed by atoms with Gasteiger partial charge in [0, 0.05) is 39.3 Å². The van der Waals surface area contributed by atoms with E-state index in [9.17, 15) is 0 Å². The molecule has 0 aliphatic heterocycles. The third kappa shape index (κ3) is 4.31. The molecule has 112 valence electrons. The monoisotopic (exact) mass is 280 g/mol. The summed E-state index contributed by atoms with van der Waals surface area (Å²) in [5.41, 5.74) is 0. The minimum atomic E-state index is 0.0157. The van der Waals surface area contributed by atoms with Gasteiger partial charge in [0.1, 0.15) is 17.5 Å². The maximum atomic E-state index is 5.33. The summed E-state index contributed by atoms with van der Waals surface area (Å²) < 4.78 is 10.4. The summed E-state index contributed by atoms with van der Waals surface area (Å²) >= 11 is 0. The van der Waals surface area contributed by atoms with Gasteiger partial charge in [-0.25, -0.2) is 9.97 Å². The molecule has 6 nitrogen and oxygen atoms in total. The average Bonchev–Trinajstić information content (AvgIpc) is 3.28. The third-order valence-electron chi connectivity index (χ3n) is 3.24. The zero-order valence-corrected chi connectivity index (χ0v) is 12.5. The van der Waals surface area contributed by atoms with Crippen LogP contribution in [-0.2, 0) is 9.47 Å². The maximum absolute atomic E-state index is 5.33. The second kappa shape index (κ2) is 7.40. The van der Waals surface area contributed by atoms with E-state index in [1.165, 1.54) is 12.8 Å². The van der Waals surface area contributed by atoms with Gasteiger partial charge in [0.15, 0.2) is 0 Å². The molecule has 0 spiro atoms. The van der Waals surface area contributed by atoms with E-state index in [4.69, 9.17) is 9.47 Å². The Morgan fingerprint density at radius 3 is 2.50 bits per heavy atom. The Labute approximate surface area is 120 Å². The predicted octanol–water partition coefficient (Wildman–Crippen LogP) is 1.86. The van der Waals surface area contributed by atoms with Gasteiger partial charge in [-0.1, -0.05) is 0 Å². The fourth-order valence-corrected chi connectivity index (χ4v) is 1.97. The standard InChI is InChI=1S/C14H24N4O2/c1-4-15-12-7-13(16-8-11(20-3)9-19-2)18-14(17-12)10-5-6-10/h7,10-11H,4-6,8-9H2,1-3H3,(H2,15,16,17,18). The minimum Gasteiger partial charge on any atom is -0.382 e. The summed E-state index contributed by atoms with van der Waals surface area (Å²) in [7, 11) is 3.36. The molecule has 0 amide bonds. The van der Waals surface area contributed by atoms with Crippen molar-refractivity contribution in [2.24, 2.45) is 0 Å². The van der Waals surface area contributed by atoms with Crippen LogP contribution in [0.2, 0.25) is 0 Å². The van der Waals surface area contributed by atoms with Gasteiger partial charge in [-0.2, -0.15) is 0 Å². The Balaban J connectivity index is 2.01. The average molecular weight is 280 g/mol. The molecule has 0 bridgehead atoms. The number of ether oxygens (including phenoxy) is 2. The van der Waals surface area contributed by atoms with Crippen molar-refractivity contribution in [3.8, 4) is 0 Å². The topological polar surface area (TPSA) is 68.3 Å². The van der Waals surface area contributed by atoms with Crippen molar-refractivity contribution in [2.45, 2.75) is 31.8 Å². The number of nitrogens with zero attached hydrogens (tertiary/aromatic N) is 2. The molecule has 1 unspecified atom stereocenters. The van der Waals surface area contributed by atoms with Crippen LogP contribution in [0, 0.1) is 0 Å². The molecule has 1 aromatic rings. The normalized spacial score (nSPS) is 15.9. The fourth-order valence-electron chi connectivity index (χ4n) is 1.97. The Morgan fingerprint density at radius 2 is 1.95 bits per heavy atom. The molecule has 2 N–H and O–H groups in total. The molecular formula is C14H24N4O2. The van der Waals surface area contributed by atoms with Crippen LogP contribution < -0.4 is 10.6 Å². The molecule has 2 rings (SSSR count). The zero-order valence-electron chi connectivity index (χ0n) is 12.5. The molecule has 0 saturated heterocycles. The highest BCUT2D eigenvalue weighted by atomic mass is 16.5. The van der Waals surface area contributed by atoms with Crippen molar-refractivity contribution >= 4 is 11.6 Å². The van der Waals surface area contributed by atoms with Gasteiger partial charge >= 0.3 is 0 Å². The Hall–Kier alpha value is -1.40. The summed E-state index contributed by atoms with van der Waals surface area (Å²) in [4.78, 5) is 9.14. The lowest BCUT2D eigenvalue weighted by atomic mass is 10.3. The smallest absolute Gasteiger partial charge is 0.136 e.